The van der Waals surface area contributed by atoms with E-state index in [0.717, 1.165) is 0 Å². The van der Waals surface area contributed by atoms with Gasteiger partial charge in [-0.25, -0.2) is 0 Å². The van der Waals surface area contributed by atoms with Crippen LogP contribution in [0.4, 0.5) is 0 Å². The first kappa shape index (κ1) is 10.1. The summed E-state index contributed by atoms with van der Waals surface area (Å²) in [7, 11) is 0. The van der Waals surface area contributed by atoms with Crippen LogP contribution in [0.2, 0.25) is 0 Å². The largest absolute Gasteiger partial charge is 0.351 e. The second kappa shape index (κ2) is 5.49. The number of hydrogen-bond donors (Lipinski definition) is 0. The van der Waals surface area contributed by atoms with Crippen LogP contribution in [0.1, 0.15) is 5.56 Å². The van der Waals surface area contributed by atoms with Crippen molar-refractivity contribution in [3.05, 3.63) is 53.6 Å². The first-order valence-electron chi connectivity index (χ1n) is 5.02. The maximum atomic E-state index is 5.16. The third-order valence-electron chi connectivity index (χ3n) is 2.16. The standard InChI is InChI=1S/C13H14O2/c1-2-5-12(6-3-1)7-4-8-13-9-14-11-15-10-13/h1-8H,9-11H2/b7-4+. The van der Waals surface area contributed by atoms with Crippen LogP contribution in [-0.4, -0.2) is 20.0 Å². The van der Waals surface area contributed by atoms with Crippen molar-refractivity contribution >= 4 is 6.08 Å². The van der Waals surface area contributed by atoms with Crippen molar-refractivity contribution in [3.63, 3.8) is 0 Å². The molecular formula is C13H14O2. The van der Waals surface area contributed by atoms with Crippen LogP contribution in [0.25, 0.3) is 6.08 Å². The van der Waals surface area contributed by atoms with E-state index in [1.165, 1.54) is 11.1 Å². The van der Waals surface area contributed by atoms with Crippen molar-refractivity contribution in [2.75, 3.05) is 20.0 Å². The highest BCUT2D eigenvalue weighted by Crippen LogP contribution is 2.06. The molecule has 0 amide bonds. The molecule has 1 aromatic carbocycles. The number of ether oxygens (including phenoxy) is 2. The van der Waals surface area contributed by atoms with E-state index in [1.54, 1.807) is 0 Å². The molecule has 1 aliphatic rings. The number of hydrogen-bond acceptors (Lipinski definition) is 2. The molecule has 1 heterocycles. The fraction of sp³-hybridized carbons (Fsp3) is 0.231. The van der Waals surface area contributed by atoms with Gasteiger partial charge in [-0.15, -0.1) is 0 Å². The molecule has 0 spiro atoms. The summed E-state index contributed by atoms with van der Waals surface area (Å²) in [5.41, 5.74) is 2.38. The topological polar surface area (TPSA) is 18.5 Å². The van der Waals surface area contributed by atoms with Gasteiger partial charge in [0.1, 0.15) is 6.79 Å². The number of rotatable bonds is 2. The average Bonchev–Trinajstić information content (AvgIpc) is 2.32. The van der Waals surface area contributed by atoms with Gasteiger partial charge in [-0.1, -0.05) is 48.6 Å². The molecule has 15 heavy (non-hydrogen) atoms. The van der Waals surface area contributed by atoms with Crippen LogP contribution >= 0.6 is 0 Å². The Morgan fingerprint density at radius 3 is 2.47 bits per heavy atom. The molecule has 0 aliphatic carbocycles. The summed E-state index contributed by atoms with van der Waals surface area (Å²) < 4.78 is 10.3. The highest BCUT2D eigenvalue weighted by molar-refractivity contribution is 5.51. The number of benzene rings is 1. The molecule has 78 valence electrons. The third-order valence-corrected chi connectivity index (χ3v) is 2.16. The van der Waals surface area contributed by atoms with E-state index in [-0.39, 0.29) is 0 Å². The van der Waals surface area contributed by atoms with Gasteiger partial charge in [-0.3, -0.25) is 0 Å². The lowest BCUT2D eigenvalue weighted by molar-refractivity contribution is -0.0691. The van der Waals surface area contributed by atoms with Gasteiger partial charge in [-0.2, -0.15) is 0 Å². The van der Waals surface area contributed by atoms with Gasteiger partial charge < -0.3 is 9.47 Å². The third kappa shape index (κ3) is 3.35. The van der Waals surface area contributed by atoms with Gasteiger partial charge >= 0.3 is 0 Å². The molecule has 1 saturated heterocycles. The molecular weight excluding hydrogens is 188 g/mol. The summed E-state index contributed by atoms with van der Waals surface area (Å²) >= 11 is 0. The predicted octanol–water partition coefficient (Wildman–Crippen LogP) is 2.63. The van der Waals surface area contributed by atoms with Crippen LogP contribution in [0, 0.1) is 0 Å². The highest BCUT2D eigenvalue weighted by Gasteiger charge is 2.02. The number of allylic oxidation sites excluding steroid dienone is 2. The van der Waals surface area contributed by atoms with Gasteiger partial charge in [0, 0.05) is 0 Å². The Hall–Kier alpha value is -1.38. The molecule has 2 rings (SSSR count). The summed E-state index contributed by atoms with van der Waals surface area (Å²) in [5.74, 6) is 0. The summed E-state index contributed by atoms with van der Waals surface area (Å²) in [6.45, 7) is 1.78. The summed E-state index contributed by atoms with van der Waals surface area (Å²) in [5, 5.41) is 0. The van der Waals surface area contributed by atoms with Crippen LogP contribution in [0.15, 0.2) is 48.1 Å². The van der Waals surface area contributed by atoms with Gasteiger partial charge in [0.15, 0.2) is 0 Å². The van der Waals surface area contributed by atoms with E-state index < -0.39 is 0 Å². The summed E-state index contributed by atoms with van der Waals surface area (Å²) in [4.78, 5) is 0. The van der Waals surface area contributed by atoms with Crippen molar-refractivity contribution in [3.8, 4) is 0 Å². The minimum atomic E-state index is 0.416. The Morgan fingerprint density at radius 1 is 1.00 bits per heavy atom. The zero-order valence-corrected chi connectivity index (χ0v) is 8.56. The van der Waals surface area contributed by atoms with E-state index in [2.05, 4.69) is 18.2 Å². The van der Waals surface area contributed by atoms with E-state index in [4.69, 9.17) is 9.47 Å². The van der Waals surface area contributed by atoms with Crippen molar-refractivity contribution in [1.29, 1.82) is 0 Å². The molecule has 2 nitrogen and oxygen atoms in total. The minimum absolute atomic E-state index is 0.416. The van der Waals surface area contributed by atoms with Crippen molar-refractivity contribution in [2.45, 2.75) is 0 Å². The Kier molecular flexibility index (Phi) is 3.71. The van der Waals surface area contributed by atoms with Crippen LogP contribution in [0.5, 0.6) is 0 Å². The molecule has 0 aromatic heterocycles. The second-order valence-electron chi connectivity index (χ2n) is 3.41. The van der Waals surface area contributed by atoms with Crippen LogP contribution in [0.3, 0.4) is 0 Å². The van der Waals surface area contributed by atoms with E-state index >= 15 is 0 Å². The van der Waals surface area contributed by atoms with Gasteiger partial charge in [0.05, 0.1) is 13.2 Å². The maximum absolute atomic E-state index is 5.16. The van der Waals surface area contributed by atoms with Crippen molar-refractivity contribution < 1.29 is 9.47 Å². The molecule has 0 bridgehead atoms. The quantitative estimate of drug-likeness (QED) is 0.734. The normalized spacial score (nSPS) is 16.9. The molecule has 1 aromatic rings. The smallest absolute Gasteiger partial charge is 0.147 e. The van der Waals surface area contributed by atoms with Gasteiger partial charge in [0.25, 0.3) is 0 Å². The molecule has 0 radical (unpaired) electrons. The lowest BCUT2D eigenvalue weighted by Gasteiger charge is -2.14. The average molecular weight is 202 g/mol. The van der Waals surface area contributed by atoms with E-state index in [0.29, 0.717) is 20.0 Å². The maximum Gasteiger partial charge on any atom is 0.147 e. The fourth-order valence-electron chi connectivity index (χ4n) is 1.40. The highest BCUT2D eigenvalue weighted by atomic mass is 16.7. The van der Waals surface area contributed by atoms with Crippen LogP contribution in [-0.2, 0) is 9.47 Å². The second-order valence-corrected chi connectivity index (χ2v) is 3.41. The lowest BCUT2D eigenvalue weighted by Crippen LogP contribution is -2.14. The van der Waals surface area contributed by atoms with Gasteiger partial charge in [0.2, 0.25) is 0 Å². The molecule has 2 heteroatoms. The zero-order valence-electron chi connectivity index (χ0n) is 8.56. The van der Waals surface area contributed by atoms with Crippen molar-refractivity contribution in [1.82, 2.24) is 0 Å². The monoisotopic (exact) mass is 202 g/mol. The van der Waals surface area contributed by atoms with E-state index in [9.17, 15) is 0 Å². The predicted molar refractivity (Wildman–Crippen MR) is 60.3 cm³/mol. The Morgan fingerprint density at radius 2 is 1.73 bits per heavy atom. The molecule has 1 aliphatic heterocycles. The van der Waals surface area contributed by atoms with Crippen LogP contribution < -0.4 is 0 Å². The fourth-order valence-corrected chi connectivity index (χ4v) is 1.40. The zero-order chi connectivity index (χ0) is 10.3. The lowest BCUT2D eigenvalue weighted by atomic mass is 10.2. The van der Waals surface area contributed by atoms with Crippen molar-refractivity contribution in [2.24, 2.45) is 0 Å². The molecule has 0 N–H and O–H groups in total. The molecule has 0 atom stereocenters. The van der Waals surface area contributed by atoms with E-state index in [1.807, 2.05) is 30.4 Å². The first-order valence-corrected chi connectivity index (χ1v) is 5.02. The summed E-state index contributed by atoms with van der Waals surface area (Å²) in [6.07, 6.45) is 6.15. The SMILES string of the molecule is C(/C=C/c1ccccc1)=C1COCOC1. The van der Waals surface area contributed by atoms with Gasteiger partial charge in [-0.05, 0) is 11.1 Å². The Bertz CT molecular complexity index is 344. The Balaban J connectivity index is 1.94. The summed E-state index contributed by atoms with van der Waals surface area (Å²) in [6, 6.07) is 10.2. The molecule has 0 saturated carbocycles. The first-order chi connectivity index (χ1) is 7.45. The molecule has 1 fully saturated rings. The Labute approximate surface area is 89.8 Å². The molecule has 0 unspecified atom stereocenters. The minimum Gasteiger partial charge on any atom is -0.351 e.